The smallest absolute Gasteiger partial charge is 0.263 e. The minimum atomic E-state index is -4.09. The zero-order valence-corrected chi connectivity index (χ0v) is 24.3. The lowest BCUT2D eigenvalue weighted by atomic mass is 9.86. The van der Waals surface area contributed by atoms with Crippen LogP contribution in [0.5, 0.6) is 23.1 Å². The SMILES string of the molecule is COc1ccccc1Oc1c(NS(=O)(=O)c2ccc(C(C)(C)C)cc2)nc(-c2ncccn2)nc1OCC1CCC1. The van der Waals surface area contributed by atoms with Gasteiger partial charge < -0.3 is 14.2 Å². The molecule has 0 unspecified atom stereocenters. The Morgan fingerprint density at radius 3 is 2.20 bits per heavy atom. The van der Waals surface area contributed by atoms with Crippen molar-refractivity contribution < 1.29 is 22.6 Å². The number of methoxy groups -OCH3 is 1. The lowest BCUT2D eigenvalue weighted by Gasteiger charge is -2.25. The number of nitrogens with zero attached hydrogens (tertiary/aromatic N) is 4. The Labute approximate surface area is 240 Å². The molecule has 0 aliphatic heterocycles. The summed E-state index contributed by atoms with van der Waals surface area (Å²) in [6.45, 7) is 6.59. The highest BCUT2D eigenvalue weighted by Gasteiger charge is 2.27. The molecule has 4 aromatic rings. The van der Waals surface area contributed by atoms with Gasteiger partial charge in [0.15, 0.2) is 23.1 Å². The van der Waals surface area contributed by atoms with Gasteiger partial charge in [-0.15, -0.1) is 0 Å². The summed E-state index contributed by atoms with van der Waals surface area (Å²) in [4.78, 5) is 17.7. The number of para-hydroxylation sites is 2. The Bertz CT molecular complexity index is 1600. The standard InChI is InChI=1S/C30H33N5O5S/c1-30(2,3)21-13-15-22(16-14-21)41(36,37)35-26-25(40-24-12-6-5-11-23(24)38-4)29(39-19-20-9-7-10-20)34-28(33-26)27-31-17-8-18-32-27/h5-6,8,11-18,20H,7,9-10,19H2,1-4H3,(H,33,34,35). The van der Waals surface area contributed by atoms with E-state index in [0.29, 0.717) is 24.0 Å². The molecule has 2 aromatic carbocycles. The summed E-state index contributed by atoms with van der Waals surface area (Å²) in [6, 6.07) is 15.4. The fourth-order valence-corrected chi connectivity index (χ4v) is 5.20. The molecule has 10 nitrogen and oxygen atoms in total. The molecule has 2 heterocycles. The lowest BCUT2D eigenvalue weighted by Crippen LogP contribution is -2.21. The zero-order valence-electron chi connectivity index (χ0n) is 23.5. The predicted molar refractivity (Wildman–Crippen MR) is 155 cm³/mol. The van der Waals surface area contributed by atoms with E-state index in [2.05, 4.69) is 45.4 Å². The topological polar surface area (TPSA) is 125 Å². The molecular weight excluding hydrogens is 542 g/mol. The van der Waals surface area contributed by atoms with Crippen LogP contribution in [0.4, 0.5) is 5.82 Å². The maximum atomic E-state index is 13.6. The zero-order chi connectivity index (χ0) is 29.0. The van der Waals surface area contributed by atoms with Gasteiger partial charge in [0.25, 0.3) is 15.9 Å². The van der Waals surface area contributed by atoms with Gasteiger partial charge in [0.2, 0.25) is 11.6 Å². The predicted octanol–water partition coefficient (Wildman–Crippen LogP) is 6.01. The second-order valence-corrected chi connectivity index (χ2v) is 12.5. The van der Waals surface area contributed by atoms with Crippen LogP contribution in [0.15, 0.2) is 71.9 Å². The molecule has 214 valence electrons. The molecule has 1 aliphatic carbocycles. The molecule has 1 saturated carbocycles. The number of aromatic nitrogens is 4. The maximum Gasteiger partial charge on any atom is 0.263 e. The van der Waals surface area contributed by atoms with E-state index < -0.39 is 10.0 Å². The quantitative estimate of drug-likeness (QED) is 0.242. The Morgan fingerprint density at radius 2 is 1.59 bits per heavy atom. The highest BCUT2D eigenvalue weighted by Crippen LogP contribution is 2.42. The second kappa shape index (κ2) is 11.7. The van der Waals surface area contributed by atoms with Crippen LogP contribution in [0.1, 0.15) is 45.6 Å². The molecule has 0 spiro atoms. The van der Waals surface area contributed by atoms with E-state index in [4.69, 9.17) is 14.2 Å². The van der Waals surface area contributed by atoms with E-state index in [1.54, 1.807) is 67.0 Å². The third-order valence-corrected chi connectivity index (χ3v) is 8.18. The van der Waals surface area contributed by atoms with Crippen molar-refractivity contribution in [1.82, 2.24) is 19.9 Å². The number of rotatable bonds is 10. The van der Waals surface area contributed by atoms with Gasteiger partial charge >= 0.3 is 0 Å². The van der Waals surface area contributed by atoms with Gasteiger partial charge in [-0.1, -0.05) is 51.5 Å². The van der Waals surface area contributed by atoms with Crippen molar-refractivity contribution in [2.75, 3.05) is 18.4 Å². The number of nitrogens with one attached hydrogen (secondary N) is 1. The first-order valence-corrected chi connectivity index (χ1v) is 14.9. The summed E-state index contributed by atoms with van der Waals surface area (Å²) in [5.74, 6) is 1.41. The molecule has 0 atom stereocenters. The number of hydrogen-bond donors (Lipinski definition) is 1. The molecule has 11 heteroatoms. The summed E-state index contributed by atoms with van der Waals surface area (Å²) in [5.41, 5.74) is 0.879. The molecule has 41 heavy (non-hydrogen) atoms. The van der Waals surface area contributed by atoms with Gasteiger partial charge in [-0.25, -0.2) is 23.4 Å². The fraction of sp³-hybridized carbons (Fsp3) is 0.333. The molecule has 2 aromatic heterocycles. The van der Waals surface area contributed by atoms with Crippen LogP contribution in [0.3, 0.4) is 0 Å². The Balaban J connectivity index is 1.61. The fourth-order valence-electron chi connectivity index (χ4n) is 4.19. The minimum absolute atomic E-state index is 0.00314. The third kappa shape index (κ3) is 6.57. The largest absolute Gasteiger partial charge is 0.493 e. The summed E-state index contributed by atoms with van der Waals surface area (Å²) in [5, 5.41) is 0. The van der Waals surface area contributed by atoms with Crippen LogP contribution < -0.4 is 18.9 Å². The van der Waals surface area contributed by atoms with Gasteiger partial charge in [0.1, 0.15) is 0 Å². The highest BCUT2D eigenvalue weighted by atomic mass is 32.2. The molecule has 1 N–H and O–H groups in total. The van der Waals surface area contributed by atoms with Crippen LogP contribution in [-0.2, 0) is 15.4 Å². The van der Waals surface area contributed by atoms with Gasteiger partial charge in [-0.05, 0) is 60.1 Å². The maximum absolute atomic E-state index is 13.6. The summed E-state index contributed by atoms with van der Waals surface area (Å²) >= 11 is 0. The van der Waals surface area contributed by atoms with Crippen LogP contribution in [0.2, 0.25) is 0 Å². The first-order valence-electron chi connectivity index (χ1n) is 13.4. The van der Waals surface area contributed by atoms with Crippen LogP contribution in [0, 0.1) is 5.92 Å². The van der Waals surface area contributed by atoms with Crippen LogP contribution in [-0.4, -0.2) is 42.1 Å². The molecule has 0 saturated heterocycles. The van der Waals surface area contributed by atoms with Gasteiger partial charge in [-0.3, -0.25) is 4.72 Å². The average Bonchev–Trinajstić information content (AvgIpc) is 2.93. The Morgan fingerprint density at radius 1 is 0.902 bits per heavy atom. The number of benzene rings is 2. The minimum Gasteiger partial charge on any atom is -0.493 e. The summed E-state index contributed by atoms with van der Waals surface area (Å²) < 4.78 is 47.8. The van der Waals surface area contributed by atoms with Gasteiger partial charge in [0.05, 0.1) is 18.6 Å². The van der Waals surface area contributed by atoms with Crippen molar-refractivity contribution in [1.29, 1.82) is 0 Å². The average molecular weight is 576 g/mol. The van der Waals surface area contributed by atoms with E-state index >= 15 is 0 Å². The van der Waals surface area contributed by atoms with E-state index in [1.807, 2.05) is 0 Å². The van der Waals surface area contributed by atoms with Crippen LogP contribution in [0.25, 0.3) is 11.6 Å². The first kappa shape index (κ1) is 28.3. The summed E-state index contributed by atoms with van der Waals surface area (Å²) in [6.07, 6.45) is 6.35. The molecule has 0 bridgehead atoms. The Hall–Kier alpha value is -4.25. The van der Waals surface area contributed by atoms with Gasteiger partial charge in [0, 0.05) is 12.4 Å². The van der Waals surface area contributed by atoms with Crippen molar-refractivity contribution in [3.05, 3.63) is 72.6 Å². The van der Waals surface area contributed by atoms with E-state index in [1.165, 1.54) is 7.11 Å². The third-order valence-electron chi connectivity index (χ3n) is 6.82. The van der Waals surface area contributed by atoms with E-state index in [0.717, 1.165) is 24.8 Å². The van der Waals surface area contributed by atoms with E-state index in [-0.39, 0.29) is 39.4 Å². The van der Waals surface area contributed by atoms with E-state index in [9.17, 15) is 8.42 Å². The molecule has 5 rings (SSSR count). The molecular formula is C30H33N5O5S. The van der Waals surface area contributed by atoms with Crippen molar-refractivity contribution in [3.8, 4) is 34.8 Å². The molecule has 1 aliphatic rings. The van der Waals surface area contributed by atoms with Crippen molar-refractivity contribution in [2.24, 2.45) is 5.92 Å². The number of ether oxygens (including phenoxy) is 3. The van der Waals surface area contributed by atoms with Crippen LogP contribution >= 0.6 is 0 Å². The molecule has 0 radical (unpaired) electrons. The number of hydrogen-bond acceptors (Lipinski definition) is 9. The van der Waals surface area contributed by atoms with Crippen molar-refractivity contribution in [2.45, 2.75) is 50.3 Å². The first-order chi connectivity index (χ1) is 19.6. The normalized spacial score (nSPS) is 13.8. The van der Waals surface area contributed by atoms with Gasteiger partial charge in [-0.2, -0.15) is 4.98 Å². The highest BCUT2D eigenvalue weighted by molar-refractivity contribution is 7.92. The van der Waals surface area contributed by atoms with Crippen molar-refractivity contribution in [3.63, 3.8) is 0 Å². The summed E-state index contributed by atoms with van der Waals surface area (Å²) in [7, 11) is -2.57. The lowest BCUT2D eigenvalue weighted by molar-refractivity contribution is 0.171. The Kier molecular flexibility index (Phi) is 8.07. The number of anilines is 1. The second-order valence-electron chi connectivity index (χ2n) is 10.8. The van der Waals surface area contributed by atoms with Crippen molar-refractivity contribution >= 4 is 15.8 Å². The number of sulfonamides is 1. The monoisotopic (exact) mass is 575 g/mol. The molecule has 0 amide bonds. The molecule has 1 fully saturated rings.